The van der Waals surface area contributed by atoms with E-state index >= 15 is 0 Å². The van der Waals surface area contributed by atoms with Gasteiger partial charge in [0.1, 0.15) is 0 Å². The summed E-state index contributed by atoms with van der Waals surface area (Å²) < 4.78 is 1.06. The molecule has 20 heavy (non-hydrogen) atoms. The van der Waals surface area contributed by atoms with Crippen LogP contribution in [0.4, 0.5) is 0 Å². The third kappa shape index (κ3) is 3.83. The molecule has 1 fully saturated rings. The molecule has 0 amide bonds. The molecule has 3 atom stereocenters. The Balaban J connectivity index is 2.08. The summed E-state index contributed by atoms with van der Waals surface area (Å²) in [7, 11) is 2.04. The van der Waals surface area contributed by atoms with Crippen molar-refractivity contribution in [2.45, 2.75) is 38.8 Å². The lowest BCUT2D eigenvalue weighted by Gasteiger charge is -2.38. The predicted octanol–water partition coefficient (Wildman–Crippen LogP) is 3.77. The first-order valence-electron chi connectivity index (χ1n) is 7.15. The molecule has 2 rings (SSSR count). The molecular formula is C16H22BrNO2. The summed E-state index contributed by atoms with van der Waals surface area (Å²) in [6.45, 7) is 3.01. The molecule has 1 aliphatic rings. The smallest absolute Gasteiger partial charge is 0.308 e. The van der Waals surface area contributed by atoms with E-state index in [1.54, 1.807) is 0 Å². The highest BCUT2D eigenvalue weighted by atomic mass is 79.9. The summed E-state index contributed by atoms with van der Waals surface area (Å²) in [5.41, 5.74) is 1.21. The molecule has 0 spiro atoms. The van der Waals surface area contributed by atoms with Crippen LogP contribution in [-0.2, 0) is 11.3 Å². The predicted molar refractivity (Wildman–Crippen MR) is 83.5 cm³/mol. The Morgan fingerprint density at radius 2 is 2.20 bits per heavy atom. The van der Waals surface area contributed by atoms with Crippen molar-refractivity contribution in [1.29, 1.82) is 0 Å². The van der Waals surface area contributed by atoms with Crippen molar-refractivity contribution in [3.63, 3.8) is 0 Å². The normalized spacial score (nSPS) is 26.7. The molecule has 1 aliphatic carbocycles. The zero-order valence-electron chi connectivity index (χ0n) is 12.1. The van der Waals surface area contributed by atoms with E-state index < -0.39 is 5.97 Å². The third-order valence-electron chi connectivity index (χ3n) is 4.28. The van der Waals surface area contributed by atoms with Gasteiger partial charge < -0.3 is 5.11 Å². The highest BCUT2D eigenvalue weighted by Gasteiger charge is 2.35. The molecule has 0 saturated heterocycles. The second kappa shape index (κ2) is 6.72. The minimum absolute atomic E-state index is 0.134. The molecule has 3 nitrogen and oxygen atoms in total. The zero-order valence-corrected chi connectivity index (χ0v) is 13.6. The Labute approximate surface area is 129 Å². The minimum Gasteiger partial charge on any atom is -0.481 e. The molecule has 4 heteroatoms. The summed E-state index contributed by atoms with van der Waals surface area (Å²) >= 11 is 3.48. The summed E-state index contributed by atoms with van der Waals surface area (Å²) in [6.07, 6.45) is 2.80. The molecule has 0 heterocycles. The molecule has 3 unspecified atom stereocenters. The second-order valence-corrected chi connectivity index (χ2v) is 6.89. The van der Waals surface area contributed by atoms with Gasteiger partial charge in [-0.3, -0.25) is 9.69 Å². The van der Waals surface area contributed by atoms with Gasteiger partial charge in [-0.05, 0) is 49.9 Å². The number of hydrogen-bond acceptors (Lipinski definition) is 2. The largest absolute Gasteiger partial charge is 0.481 e. The standard InChI is InChI=1S/C16H22BrNO2/c1-11-6-7-14(16(19)20)15(8-11)18(2)10-12-4-3-5-13(17)9-12/h3-5,9,11,14-15H,6-8,10H2,1-2H3,(H,19,20). The van der Waals surface area contributed by atoms with Gasteiger partial charge in [0.25, 0.3) is 0 Å². The number of carboxylic acid groups (broad SMARTS) is 1. The molecule has 1 aromatic rings. The number of rotatable bonds is 4. The summed E-state index contributed by atoms with van der Waals surface area (Å²) in [5, 5.41) is 9.42. The van der Waals surface area contributed by atoms with Crippen LogP contribution in [0.15, 0.2) is 28.7 Å². The van der Waals surface area contributed by atoms with Crippen LogP contribution < -0.4 is 0 Å². The third-order valence-corrected chi connectivity index (χ3v) is 4.78. The lowest BCUT2D eigenvalue weighted by atomic mass is 9.78. The fourth-order valence-electron chi connectivity index (χ4n) is 3.17. The van der Waals surface area contributed by atoms with Crippen molar-refractivity contribution in [2.75, 3.05) is 7.05 Å². The lowest BCUT2D eigenvalue weighted by molar-refractivity contribution is -0.146. The summed E-state index contributed by atoms with van der Waals surface area (Å²) in [5.74, 6) is -0.271. The van der Waals surface area contributed by atoms with Crippen molar-refractivity contribution >= 4 is 21.9 Å². The van der Waals surface area contributed by atoms with E-state index in [1.807, 2.05) is 19.2 Å². The average molecular weight is 340 g/mol. The number of benzene rings is 1. The molecule has 0 aromatic heterocycles. The van der Waals surface area contributed by atoms with Crippen molar-refractivity contribution in [2.24, 2.45) is 11.8 Å². The Hall–Kier alpha value is -0.870. The number of nitrogens with zero attached hydrogens (tertiary/aromatic N) is 1. The summed E-state index contributed by atoms with van der Waals surface area (Å²) in [4.78, 5) is 13.7. The maximum absolute atomic E-state index is 11.4. The Morgan fingerprint density at radius 1 is 1.45 bits per heavy atom. The van der Waals surface area contributed by atoms with Gasteiger partial charge in [-0.2, -0.15) is 0 Å². The Morgan fingerprint density at radius 3 is 2.85 bits per heavy atom. The maximum Gasteiger partial charge on any atom is 0.308 e. The highest BCUT2D eigenvalue weighted by Crippen LogP contribution is 2.32. The Kier molecular flexibility index (Phi) is 5.22. The van der Waals surface area contributed by atoms with E-state index in [2.05, 4.69) is 39.9 Å². The first-order chi connectivity index (χ1) is 9.47. The van der Waals surface area contributed by atoms with Gasteiger partial charge in [0, 0.05) is 17.1 Å². The first-order valence-corrected chi connectivity index (χ1v) is 7.94. The lowest BCUT2D eigenvalue weighted by Crippen LogP contribution is -2.44. The highest BCUT2D eigenvalue weighted by molar-refractivity contribution is 9.10. The van der Waals surface area contributed by atoms with Crippen molar-refractivity contribution in [3.8, 4) is 0 Å². The number of aliphatic carboxylic acids is 1. The molecule has 1 aromatic carbocycles. The van der Waals surface area contributed by atoms with Crippen LogP contribution in [0.2, 0.25) is 0 Å². The van der Waals surface area contributed by atoms with Crippen LogP contribution in [0.5, 0.6) is 0 Å². The van der Waals surface area contributed by atoms with Crippen molar-refractivity contribution in [3.05, 3.63) is 34.3 Å². The Bertz CT molecular complexity index is 477. The maximum atomic E-state index is 11.4. The van der Waals surface area contributed by atoms with Gasteiger partial charge in [0.2, 0.25) is 0 Å². The van der Waals surface area contributed by atoms with Crippen LogP contribution in [0.1, 0.15) is 31.7 Å². The van der Waals surface area contributed by atoms with Gasteiger partial charge in [0.15, 0.2) is 0 Å². The van der Waals surface area contributed by atoms with Crippen LogP contribution in [0.25, 0.3) is 0 Å². The van der Waals surface area contributed by atoms with Gasteiger partial charge in [-0.15, -0.1) is 0 Å². The topological polar surface area (TPSA) is 40.5 Å². The van der Waals surface area contributed by atoms with Gasteiger partial charge in [-0.1, -0.05) is 35.0 Å². The molecule has 0 aliphatic heterocycles. The molecule has 1 N–H and O–H groups in total. The van der Waals surface area contributed by atoms with Gasteiger partial charge in [-0.25, -0.2) is 0 Å². The first kappa shape index (κ1) is 15.5. The van der Waals surface area contributed by atoms with Crippen LogP contribution in [-0.4, -0.2) is 29.1 Å². The van der Waals surface area contributed by atoms with Crippen molar-refractivity contribution in [1.82, 2.24) is 4.90 Å². The SMILES string of the molecule is CC1CCC(C(=O)O)C(N(C)Cc2cccc(Br)c2)C1. The number of carbonyl (C=O) groups is 1. The molecule has 0 bridgehead atoms. The second-order valence-electron chi connectivity index (χ2n) is 5.98. The quantitative estimate of drug-likeness (QED) is 0.907. The minimum atomic E-state index is -0.650. The molecular weight excluding hydrogens is 318 g/mol. The summed E-state index contributed by atoms with van der Waals surface area (Å²) in [6, 6.07) is 8.34. The van der Waals surface area contributed by atoms with E-state index in [0.29, 0.717) is 5.92 Å². The molecule has 110 valence electrons. The zero-order chi connectivity index (χ0) is 14.7. The van der Waals surface area contributed by atoms with E-state index in [0.717, 1.165) is 30.3 Å². The molecule has 1 saturated carbocycles. The van der Waals surface area contributed by atoms with Crippen molar-refractivity contribution < 1.29 is 9.90 Å². The van der Waals surface area contributed by atoms with E-state index in [1.165, 1.54) is 5.56 Å². The fourth-order valence-corrected chi connectivity index (χ4v) is 3.61. The number of carboxylic acids is 1. The van der Waals surface area contributed by atoms with Crippen LogP contribution >= 0.6 is 15.9 Å². The van der Waals surface area contributed by atoms with E-state index in [4.69, 9.17) is 0 Å². The van der Waals surface area contributed by atoms with Gasteiger partial charge >= 0.3 is 5.97 Å². The van der Waals surface area contributed by atoms with Gasteiger partial charge in [0.05, 0.1) is 5.92 Å². The molecule has 0 radical (unpaired) electrons. The van der Waals surface area contributed by atoms with Crippen LogP contribution in [0, 0.1) is 11.8 Å². The average Bonchev–Trinajstić information content (AvgIpc) is 2.38. The fraction of sp³-hybridized carbons (Fsp3) is 0.562. The number of halogens is 1. The van der Waals surface area contributed by atoms with E-state index in [-0.39, 0.29) is 12.0 Å². The number of hydrogen-bond donors (Lipinski definition) is 1. The van der Waals surface area contributed by atoms with Crippen LogP contribution in [0.3, 0.4) is 0 Å². The van der Waals surface area contributed by atoms with E-state index in [9.17, 15) is 9.90 Å². The monoisotopic (exact) mass is 339 g/mol.